The van der Waals surface area contributed by atoms with Crippen LogP contribution in [0, 0.1) is 0 Å². The average molecular weight is 495 g/mol. The molecule has 0 bridgehead atoms. The summed E-state index contributed by atoms with van der Waals surface area (Å²) in [6, 6.07) is 12.4. The van der Waals surface area contributed by atoms with Crippen molar-refractivity contribution in [2.24, 2.45) is 0 Å². The van der Waals surface area contributed by atoms with Crippen LogP contribution in [0.1, 0.15) is 59.9 Å². The first-order valence-electron chi connectivity index (χ1n) is 11.7. The van der Waals surface area contributed by atoms with Gasteiger partial charge in [-0.05, 0) is 42.0 Å². The summed E-state index contributed by atoms with van der Waals surface area (Å²) in [5.74, 6) is -0.410. The Bertz CT molecular complexity index is 1300. The van der Waals surface area contributed by atoms with Gasteiger partial charge in [-0.1, -0.05) is 56.8 Å². The Kier molecular flexibility index (Phi) is 7.42. The molecule has 0 spiro atoms. The maximum Gasteiger partial charge on any atom is 0.337 e. The molecule has 2 heterocycles. The molecule has 1 fully saturated rings. The normalized spacial score (nSPS) is 15.9. The van der Waals surface area contributed by atoms with Gasteiger partial charge in [0.05, 0.1) is 42.0 Å². The fourth-order valence-electron chi connectivity index (χ4n) is 4.08. The highest BCUT2D eigenvalue weighted by Gasteiger charge is 2.22. The first kappa shape index (κ1) is 25.1. The van der Waals surface area contributed by atoms with Crippen molar-refractivity contribution in [2.45, 2.75) is 56.8 Å². The second-order valence-corrected chi connectivity index (χ2v) is 10.7. The van der Waals surface area contributed by atoms with E-state index in [1.54, 1.807) is 22.8 Å². The Hall–Kier alpha value is -2.97. The summed E-state index contributed by atoms with van der Waals surface area (Å²) in [5, 5.41) is 0.837. The lowest BCUT2D eigenvalue weighted by Gasteiger charge is -2.19. The van der Waals surface area contributed by atoms with Gasteiger partial charge in [-0.25, -0.2) is 9.78 Å². The molecule has 35 heavy (non-hydrogen) atoms. The summed E-state index contributed by atoms with van der Waals surface area (Å²) in [6.07, 6.45) is 1.75. The van der Waals surface area contributed by atoms with Crippen LogP contribution in [0.2, 0.25) is 0 Å². The quantitative estimate of drug-likeness (QED) is 0.205. The predicted molar refractivity (Wildman–Crippen MR) is 137 cm³/mol. The summed E-state index contributed by atoms with van der Waals surface area (Å²) in [7, 11) is 1.31. The summed E-state index contributed by atoms with van der Waals surface area (Å²) >= 11 is 1.22. The van der Waals surface area contributed by atoms with E-state index in [9.17, 15) is 14.4 Å². The van der Waals surface area contributed by atoms with Crippen LogP contribution in [-0.4, -0.2) is 46.9 Å². The number of hydrogen-bond acceptors (Lipinski definition) is 7. The number of rotatable bonds is 7. The van der Waals surface area contributed by atoms with Crippen molar-refractivity contribution in [3.63, 3.8) is 0 Å². The number of thioether (sulfide) groups is 1. The largest absolute Gasteiger partial charge is 0.465 e. The average Bonchev–Trinajstić information content (AvgIpc) is 3.36. The van der Waals surface area contributed by atoms with Gasteiger partial charge in [0.25, 0.3) is 5.56 Å². The molecule has 1 aliphatic rings. The van der Waals surface area contributed by atoms with Gasteiger partial charge in [-0.3, -0.25) is 14.2 Å². The van der Waals surface area contributed by atoms with E-state index in [1.165, 1.54) is 18.9 Å². The standard InChI is InChI=1S/C27H30N2O5S/c1-27(2,3)19-10-7-17(8-11-19)23(30)16-35-26-28-22-14-18(25(32)33-4)9-12-21(22)24(31)29(26)15-20-6-5-13-34-20/h7-12,14,20H,5-6,13,15-16H2,1-4H3. The van der Waals surface area contributed by atoms with Crippen LogP contribution in [0.4, 0.5) is 0 Å². The van der Waals surface area contributed by atoms with Crippen molar-refractivity contribution >= 4 is 34.4 Å². The van der Waals surface area contributed by atoms with Crippen molar-refractivity contribution in [3.05, 3.63) is 69.5 Å². The Morgan fingerprint density at radius 3 is 2.49 bits per heavy atom. The molecule has 184 valence electrons. The summed E-state index contributed by atoms with van der Waals surface area (Å²) in [5.41, 5.74) is 2.27. The van der Waals surface area contributed by atoms with Gasteiger partial charge in [-0.2, -0.15) is 0 Å². The molecule has 4 rings (SSSR count). The maximum atomic E-state index is 13.4. The number of ketones is 1. The Balaban J connectivity index is 1.64. The third-order valence-corrected chi connectivity index (χ3v) is 7.13. The van der Waals surface area contributed by atoms with E-state index in [0.29, 0.717) is 40.3 Å². The van der Waals surface area contributed by atoms with Gasteiger partial charge in [-0.15, -0.1) is 0 Å². The summed E-state index contributed by atoms with van der Waals surface area (Å²) in [6.45, 7) is 7.43. The van der Waals surface area contributed by atoms with Crippen LogP contribution in [0.5, 0.6) is 0 Å². The van der Waals surface area contributed by atoms with Gasteiger partial charge in [0.2, 0.25) is 0 Å². The van der Waals surface area contributed by atoms with Crippen LogP contribution in [0.3, 0.4) is 0 Å². The molecule has 0 saturated carbocycles. The maximum absolute atomic E-state index is 13.4. The van der Waals surface area contributed by atoms with E-state index in [2.05, 4.69) is 25.8 Å². The van der Waals surface area contributed by atoms with Crippen molar-refractivity contribution in [1.29, 1.82) is 0 Å². The van der Waals surface area contributed by atoms with Crippen LogP contribution >= 0.6 is 11.8 Å². The van der Waals surface area contributed by atoms with E-state index >= 15 is 0 Å². The second kappa shape index (κ2) is 10.3. The Labute approximate surface area is 208 Å². The molecule has 1 saturated heterocycles. The number of esters is 1. The number of methoxy groups -OCH3 is 1. The van der Waals surface area contributed by atoms with Crippen LogP contribution in [0.15, 0.2) is 52.4 Å². The van der Waals surface area contributed by atoms with E-state index < -0.39 is 5.97 Å². The number of carbonyl (C=O) groups excluding carboxylic acids is 2. The van der Waals surface area contributed by atoms with Gasteiger partial charge >= 0.3 is 5.97 Å². The molecule has 3 aromatic rings. The first-order valence-corrected chi connectivity index (χ1v) is 12.7. The lowest BCUT2D eigenvalue weighted by atomic mass is 9.86. The molecule has 0 aliphatic carbocycles. The topological polar surface area (TPSA) is 87.5 Å². The number of carbonyl (C=O) groups is 2. The Morgan fingerprint density at radius 1 is 1.14 bits per heavy atom. The molecule has 2 aromatic carbocycles. The first-order chi connectivity index (χ1) is 16.7. The highest BCUT2D eigenvalue weighted by Crippen LogP contribution is 2.25. The summed E-state index contributed by atoms with van der Waals surface area (Å²) < 4.78 is 12.1. The van der Waals surface area contributed by atoms with E-state index in [1.807, 2.05) is 24.3 Å². The van der Waals surface area contributed by atoms with Crippen molar-refractivity contribution in [2.75, 3.05) is 19.5 Å². The highest BCUT2D eigenvalue weighted by molar-refractivity contribution is 7.99. The molecule has 7 nitrogen and oxygen atoms in total. The zero-order valence-corrected chi connectivity index (χ0v) is 21.3. The smallest absolute Gasteiger partial charge is 0.337 e. The molecule has 1 aromatic heterocycles. The molecule has 1 atom stereocenters. The minimum Gasteiger partial charge on any atom is -0.465 e. The SMILES string of the molecule is COC(=O)c1ccc2c(=O)n(CC3CCCO3)c(SCC(=O)c3ccc(C(C)(C)C)cc3)nc2c1. The molecule has 0 N–H and O–H groups in total. The van der Waals surface area contributed by atoms with Gasteiger partial charge in [0, 0.05) is 12.2 Å². The fourth-order valence-corrected chi connectivity index (χ4v) is 4.98. The van der Waals surface area contributed by atoms with Crippen molar-refractivity contribution < 1.29 is 19.1 Å². The summed E-state index contributed by atoms with van der Waals surface area (Å²) in [4.78, 5) is 43.0. The van der Waals surface area contributed by atoms with Gasteiger partial charge in [0.15, 0.2) is 10.9 Å². The fraction of sp³-hybridized carbons (Fsp3) is 0.407. The molecule has 0 amide bonds. The Morgan fingerprint density at radius 2 is 1.86 bits per heavy atom. The molecular formula is C27H30N2O5S. The van der Waals surface area contributed by atoms with E-state index in [0.717, 1.165) is 18.4 Å². The molecule has 1 unspecified atom stereocenters. The molecule has 0 radical (unpaired) electrons. The number of hydrogen-bond donors (Lipinski definition) is 0. The monoisotopic (exact) mass is 494 g/mol. The number of aromatic nitrogens is 2. The number of nitrogens with zero attached hydrogens (tertiary/aromatic N) is 2. The third kappa shape index (κ3) is 5.65. The van der Waals surface area contributed by atoms with Crippen LogP contribution in [-0.2, 0) is 21.4 Å². The lowest BCUT2D eigenvalue weighted by molar-refractivity contribution is 0.0600. The molecule has 8 heteroatoms. The van der Waals surface area contributed by atoms with E-state index in [-0.39, 0.29) is 28.6 Å². The van der Waals surface area contributed by atoms with Crippen molar-refractivity contribution in [3.8, 4) is 0 Å². The van der Waals surface area contributed by atoms with Gasteiger partial charge < -0.3 is 9.47 Å². The number of benzene rings is 2. The number of ether oxygens (including phenoxy) is 2. The van der Waals surface area contributed by atoms with Crippen molar-refractivity contribution in [1.82, 2.24) is 9.55 Å². The molecule has 1 aliphatic heterocycles. The number of Topliss-reactive ketones (excluding diaryl/α,β-unsaturated/α-hetero) is 1. The predicted octanol–water partition coefficient (Wildman–Crippen LogP) is 4.63. The zero-order valence-electron chi connectivity index (χ0n) is 20.5. The second-order valence-electron chi connectivity index (χ2n) is 9.71. The van der Waals surface area contributed by atoms with Crippen LogP contribution in [0.25, 0.3) is 10.9 Å². The van der Waals surface area contributed by atoms with Gasteiger partial charge in [0.1, 0.15) is 0 Å². The third-order valence-electron chi connectivity index (χ3n) is 6.16. The minimum atomic E-state index is -0.500. The highest BCUT2D eigenvalue weighted by atomic mass is 32.2. The lowest BCUT2D eigenvalue weighted by Crippen LogP contribution is -2.29. The molecular weight excluding hydrogens is 464 g/mol. The van der Waals surface area contributed by atoms with E-state index in [4.69, 9.17) is 9.47 Å². The minimum absolute atomic E-state index is 0.00672. The zero-order chi connectivity index (χ0) is 25.2. The van der Waals surface area contributed by atoms with Crippen LogP contribution < -0.4 is 5.56 Å². The number of fused-ring (bicyclic) bond motifs is 1.